The fourth-order valence-electron chi connectivity index (χ4n) is 10.8. The van der Waals surface area contributed by atoms with Gasteiger partial charge in [-0.15, -0.1) is 11.3 Å². The van der Waals surface area contributed by atoms with Gasteiger partial charge >= 0.3 is 0 Å². The second-order valence-electron chi connectivity index (χ2n) is 18.8. The van der Waals surface area contributed by atoms with Crippen molar-refractivity contribution >= 4 is 96.5 Å². The number of aromatic nitrogens is 3. The van der Waals surface area contributed by atoms with Crippen LogP contribution in [-0.4, -0.2) is 14.5 Å². The maximum atomic E-state index is 5.69. The minimum atomic E-state index is 0.0613. The van der Waals surface area contributed by atoms with Gasteiger partial charge in [-0.05, 0) is 121 Å². The number of fused-ring (bicyclic) bond motifs is 12. The van der Waals surface area contributed by atoms with Gasteiger partial charge in [-0.2, -0.15) is 0 Å². The standard InChI is InChI=1S/C58H43N3S/c1-57(2)25-26-58(3,4)48-33-51-45(32-47(48)57)44-28-34-15-5-6-16-35(34)30-50(44)61(51)49-31-38(27-36-17-8-10-20-40(36)49)55-59-54(53-43-23-13-14-24-52(43)62-56(53)60-55)46-29-37-18-7-9-19-39(37)41-21-11-12-22-42(41)46/h5-24,27-33H,25-26H2,1-4H3. The Morgan fingerprint density at radius 2 is 1.03 bits per heavy atom. The highest BCUT2D eigenvalue weighted by Gasteiger charge is 2.38. The summed E-state index contributed by atoms with van der Waals surface area (Å²) in [6, 6.07) is 60.8. The maximum Gasteiger partial charge on any atom is 0.161 e. The van der Waals surface area contributed by atoms with E-state index in [4.69, 9.17) is 9.97 Å². The van der Waals surface area contributed by atoms with Crippen LogP contribution in [0, 0.1) is 0 Å². The van der Waals surface area contributed by atoms with Gasteiger partial charge in [-0.25, -0.2) is 9.97 Å². The van der Waals surface area contributed by atoms with E-state index in [1.807, 2.05) is 0 Å². The molecular formula is C58H43N3S. The van der Waals surface area contributed by atoms with Crippen LogP contribution in [0.15, 0.2) is 164 Å². The van der Waals surface area contributed by atoms with Gasteiger partial charge in [-0.1, -0.05) is 143 Å². The van der Waals surface area contributed by atoms with Gasteiger partial charge in [0.15, 0.2) is 5.82 Å². The molecule has 12 aromatic rings. The molecule has 0 spiro atoms. The minimum absolute atomic E-state index is 0.0613. The number of thiophene rings is 1. The molecule has 9 aromatic carbocycles. The lowest BCUT2D eigenvalue weighted by atomic mass is 9.63. The lowest BCUT2D eigenvalue weighted by Crippen LogP contribution is -2.33. The van der Waals surface area contributed by atoms with E-state index in [0.717, 1.165) is 50.4 Å². The molecular weight excluding hydrogens is 771 g/mol. The summed E-state index contributed by atoms with van der Waals surface area (Å²) in [5, 5.41) is 14.6. The average molecular weight is 814 g/mol. The van der Waals surface area contributed by atoms with Gasteiger partial charge in [-0.3, -0.25) is 0 Å². The molecule has 0 bridgehead atoms. The molecule has 0 amide bonds. The topological polar surface area (TPSA) is 30.7 Å². The minimum Gasteiger partial charge on any atom is -0.309 e. The summed E-state index contributed by atoms with van der Waals surface area (Å²) in [4.78, 5) is 12.2. The summed E-state index contributed by atoms with van der Waals surface area (Å²) in [7, 11) is 0. The zero-order valence-electron chi connectivity index (χ0n) is 35.3. The fourth-order valence-corrected chi connectivity index (χ4v) is 11.9. The molecule has 1 aliphatic rings. The Balaban J connectivity index is 1.14. The lowest BCUT2D eigenvalue weighted by molar-refractivity contribution is 0.332. The number of nitrogens with zero attached hydrogens (tertiary/aromatic N) is 3. The van der Waals surface area contributed by atoms with Crippen LogP contribution in [0.5, 0.6) is 0 Å². The first kappa shape index (κ1) is 35.8. The van der Waals surface area contributed by atoms with E-state index in [0.29, 0.717) is 0 Å². The molecule has 4 heteroatoms. The van der Waals surface area contributed by atoms with E-state index in [-0.39, 0.29) is 10.8 Å². The zero-order valence-corrected chi connectivity index (χ0v) is 36.1. The highest BCUT2D eigenvalue weighted by molar-refractivity contribution is 7.25. The first-order valence-corrected chi connectivity index (χ1v) is 22.7. The first-order chi connectivity index (χ1) is 30.2. The van der Waals surface area contributed by atoms with Gasteiger partial charge in [0.25, 0.3) is 0 Å². The molecule has 0 atom stereocenters. The summed E-state index contributed by atoms with van der Waals surface area (Å²) < 4.78 is 3.77. The largest absolute Gasteiger partial charge is 0.309 e. The quantitative estimate of drug-likeness (QED) is 0.166. The third kappa shape index (κ3) is 5.17. The van der Waals surface area contributed by atoms with Gasteiger partial charge < -0.3 is 4.57 Å². The molecule has 0 aliphatic heterocycles. The Morgan fingerprint density at radius 1 is 0.468 bits per heavy atom. The molecule has 0 N–H and O–H groups in total. The lowest BCUT2D eigenvalue weighted by Gasteiger charge is -2.42. The second kappa shape index (κ2) is 12.8. The van der Waals surface area contributed by atoms with Crippen LogP contribution in [-0.2, 0) is 10.8 Å². The van der Waals surface area contributed by atoms with Gasteiger partial charge in [0.1, 0.15) is 4.83 Å². The van der Waals surface area contributed by atoms with Crippen molar-refractivity contribution in [3.63, 3.8) is 0 Å². The molecule has 0 fully saturated rings. The smallest absolute Gasteiger partial charge is 0.161 e. The number of hydrogen-bond acceptors (Lipinski definition) is 3. The van der Waals surface area contributed by atoms with Gasteiger partial charge in [0, 0.05) is 42.8 Å². The van der Waals surface area contributed by atoms with Gasteiger partial charge in [0.05, 0.1) is 22.4 Å². The van der Waals surface area contributed by atoms with Crippen molar-refractivity contribution in [3.05, 3.63) is 175 Å². The molecule has 1 aliphatic carbocycles. The van der Waals surface area contributed by atoms with E-state index in [1.54, 1.807) is 11.3 Å². The van der Waals surface area contributed by atoms with E-state index in [1.165, 1.54) is 87.1 Å². The molecule has 0 radical (unpaired) electrons. The van der Waals surface area contributed by atoms with Crippen LogP contribution in [0.4, 0.5) is 0 Å². The van der Waals surface area contributed by atoms with Crippen LogP contribution < -0.4 is 0 Å². The second-order valence-corrected chi connectivity index (χ2v) is 19.8. The number of benzene rings is 9. The Kier molecular flexibility index (Phi) is 7.41. The van der Waals surface area contributed by atoms with Crippen molar-refractivity contribution < 1.29 is 0 Å². The average Bonchev–Trinajstić information content (AvgIpc) is 3.83. The molecule has 0 unspecified atom stereocenters. The molecule has 0 saturated carbocycles. The molecule has 62 heavy (non-hydrogen) atoms. The molecule has 3 nitrogen and oxygen atoms in total. The van der Waals surface area contributed by atoms with Crippen LogP contribution in [0.2, 0.25) is 0 Å². The Hall–Kier alpha value is -6.88. The number of hydrogen-bond donors (Lipinski definition) is 0. The third-order valence-electron chi connectivity index (χ3n) is 14.2. The van der Waals surface area contributed by atoms with Crippen LogP contribution in [0.1, 0.15) is 51.7 Å². The van der Waals surface area contributed by atoms with Crippen LogP contribution in [0.3, 0.4) is 0 Å². The summed E-state index contributed by atoms with van der Waals surface area (Å²) in [6.45, 7) is 9.73. The predicted molar refractivity (Wildman–Crippen MR) is 265 cm³/mol. The van der Waals surface area contributed by atoms with Crippen molar-refractivity contribution in [1.82, 2.24) is 14.5 Å². The molecule has 13 rings (SSSR count). The van der Waals surface area contributed by atoms with E-state index in [2.05, 4.69) is 196 Å². The van der Waals surface area contributed by atoms with Crippen LogP contribution >= 0.6 is 11.3 Å². The SMILES string of the molecule is CC1(C)CCC(C)(C)c2cc3c(cc21)c1cc2ccccc2cc1n3-c1cc(-c2nc(-c3cc4ccccc4c4ccccc34)c3c(n2)sc2ccccc23)cc2ccccc12. The maximum absolute atomic E-state index is 5.69. The molecule has 3 aromatic heterocycles. The van der Waals surface area contributed by atoms with Crippen LogP contribution in [0.25, 0.3) is 114 Å². The zero-order chi connectivity index (χ0) is 41.5. The first-order valence-electron chi connectivity index (χ1n) is 21.9. The highest BCUT2D eigenvalue weighted by atomic mass is 32.1. The van der Waals surface area contributed by atoms with Crippen molar-refractivity contribution in [3.8, 4) is 28.3 Å². The molecule has 3 heterocycles. The molecule has 296 valence electrons. The summed E-state index contributed by atoms with van der Waals surface area (Å²) in [6.07, 6.45) is 2.33. The van der Waals surface area contributed by atoms with E-state index >= 15 is 0 Å². The summed E-state index contributed by atoms with van der Waals surface area (Å²) >= 11 is 1.76. The summed E-state index contributed by atoms with van der Waals surface area (Å²) in [5.41, 5.74) is 9.78. The Bertz CT molecular complexity index is 3880. The van der Waals surface area contributed by atoms with Crippen molar-refractivity contribution in [1.29, 1.82) is 0 Å². The predicted octanol–water partition coefficient (Wildman–Crippen LogP) is 16.2. The monoisotopic (exact) mass is 813 g/mol. The number of rotatable bonds is 3. The van der Waals surface area contributed by atoms with Crippen molar-refractivity contribution in [2.24, 2.45) is 0 Å². The van der Waals surface area contributed by atoms with Gasteiger partial charge in [0.2, 0.25) is 0 Å². The highest BCUT2D eigenvalue weighted by Crippen LogP contribution is 2.50. The third-order valence-corrected chi connectivity index (χ3v) is 15.3. The normalized spacial score (nSPS) is 14.9. The fraction of sp³-hybridized carbons (Fsp3) is 0.138. The van der Waals surface area contributed by atoms with Crippen molar-refractivity contribution in [2.45, 2.75) is 51.4 Å². The van der Waals surface area contributed by atoms with Crippen molar-refractivity contribution in [2.75, 3.05) is 0 Å². The Morgan fingerprint density at radius 3 is 1.79 bits per heavy atom. The molecule has 0 saturated heterocycles. The summed E-state index contributed by atoms with van der Waals surface area (Å²) in [5.74, 6) is 0.731. The van der Waals surface area contributed by atoms with E-state index < -0.39 is 0 Å². The van der Waals surface area contributed by atoms with E-state index in [9.17, 15) is 0 Å². The Labute approximate surface area is 363 Å².